The number of hydrogen-bond acceptors (Lipinski definition) is 4. The maximum Gasteiger partial charge on any atom is 0.337 e. The van der Waals surface area contributed by atoms with Gasteiger partial charge in [-0.2, -0.15) is 0 Å². The van der Waals surface area contributed by atoms with Gasteiger partial charge in [0.25, 0.3) is 0 Å². The summed E-state index contributed by atoms with van der Waals surface area (Å²) in [7, 11) is 1.39. The molecule has 16 heavy (non-hydrogen) atoms. The Labute approximate surface area is 93.8 Å². The SMILES string of the molecule is COC(=O)c1ccc(C23CN2CCO3)cc1. The van der Waals surface area contributed by atoms with E-state index < -0.39 is 0 Å². The number of methoxy groups -OCH3 is 1. The molecule has 0 aliphatic carbocycles. The predicted molar refractivity (Wildman–Crippen MR) is 57.0 cm³/mol. The lowest BCUT2D eigenvalue weighted by Gasteiger charge is -2.11. The van der Waals surface area contributed by atoms with Gasteiger partial charge in [0, 0.05) is 18.7 Å². The number of fused-ring (bicyclic) bond motifs is 1. The third kappa shape index (κ3) is 1.27. The number of ether oxygens (including phenoxy) is 2. The van der Waals surface area contributed by atoms with Crippen molar-refractivity contribution in [1.82, 2.24) is 4.90 Å². The van der Waals surface area contributed by atoms with Gasteiger partial charge >= 0.3 is 5.97 Å². The number of nitrogens with zero attached hydrogens (tertiary/aromatic N) is 1. The lowest BCUT2D eigenvalue weighted by molar-refractivity contribution is 0.0578. The summed E-state index contributed by atoms with van der Waals surface area (Å²) < 4.78 is 10.4. The van der Waals surface area contributed by atoms with Gasteiger partial charge in [-0.15, -0.1) is 0 Å². The minimum atomic E-state index is -0.302. The highest BCUT2D eigenvalue weighted by Crippen LogP contribution is 2.47. The minimum absolute atomic E-state index is 0.186. The van der Waals surface area contributed by atoms with E-state index >= 15 is 0 Å². The molecule has 1 aromatic carbocycles. The van der Waals surface area contributed by atoms with E-state index in [2.05, 4.69) is 9.64 Å². The highest BCUT2D eigenvalue weighted by Gasteiger charge is 2.58. The molecule has 0 amide bonds. The number of benzene rings is 1. The molecule has 84 valence electrons. The Bertz CT molecular complexity index is 428. The van der Waals surface area contributed by atoms with Crippen molar-refractivity contribution in [3.8, 4) is 0 Å². The van der Waals surface area contributed by atoms with E-state index in [0.717, 1.165) is 25.3 Å². The first-order valence-corrected chi connectivity index (χ1v) is 5.34. The second-order valence-corrected chi connectivity index (χ2v) is 4.12. The molecular weight excluding hydrogens is 206 g/mol. The molecular formula is C12H13NO3. The Balaban J connectivity index is 1.86. The molecule has 0 saturated carbocycles. The molecule has 2 unspecified atom stereocenters. The largest absolute Gasteiger partial charge is 0.465 e. The van der Waals surface area contributed by atoms with Crippen LogP contribution in [0.15, 0.2) is 24.3 Å². The first-order valence-electron chi connectivity index (χ1n) is 5.34. The number of hydrogen-bond donors (Lipinski definition) is 0. The van der Waals surface area contributed by atoms with Gasteiger partial charge in [0.2, 0.25) is 0 Å². The Hall–Kier alpha value is -1.39. The molecule has 2 aliphatic heterocycles. The molecule has 4 heteroatoms. The van der Waals surface area contributed by atoms with E-state index in [1.807, 2.05) is 12.1 Å². The zero-order valence-electron chi connectivity index (χ0n) is 9.10. The first-order chi connectivity index (χ1) is 7.76. The molecule has 2 heterocycles. The fourth-order valence-electron chi connectivity index (χ4n) is 2.29. The monoisotopic (exact) mass is 219 g/mol. The Morgan fingerprint density at radius 2 is 2.19 bits per heavy atom. The van der Waals surface area contributed by atoms with Crippen molar-refractivity contribution >= 4 is 5.97 Å². The third-order valence-electron chi connectivity index (χ3n) is 3.27. The van der Waals surface area contributed by atoms with Gasteiger partial charge in [0.1, 0.15) is 0 Å². The van der Waals surface area contributed by atoms with E-state index in [1.165, 1.54) is 7.11 Å². The van der Waals surface area contributed by atoms with Crippen LogP contribution in [-0.4, -0.2) is 37.7 Å². The van der Waals surface area contributed by atoms with Gasteiger partial charge in [-0.1, -0.05) is 12.1 Å². The van der Waals surface area contributed by atoms with Crippen LogP contribution in [0.5, 0.6) is 0 Å². The Morgan fingerprint density at radius 1 is 1.44 bits per heavy atom. The van der Waals surface area contributed by atoms with Gasteiger partial charge in [0.15, 0.2) is 5.72 Å². The molecule has 0 aromatic heterocycles. The summed E-state index contributed by atoms with van der Waals surface area (Å²) in [6.07, 6.45) is 0. The standard InChI is InChI=1S/C12H13NO3/c1-15-11(14)9-2-4-10(5-3-9)12-8-13(12)6-7-16-12/h2-5H,6-8H2,1H3. The lowest BCUT2D eigenvalue weighted by Crippen LogP contribution is -2.12. The summed E-state index contributed by atoms with van der Waals surface area (Å²) in [6, 6.07) is 7.46. The van der Waals surface area contributed by atoms with E-state index in [4.69, 9.17) is 4.74 Å². The smallest absolute Gasteiger partial charge is 0.337 e. The quantitative estimate of drug-likeness (QED) is 0.549. The molecule has 0 N–H and O–H groups in total. The molecule has 0 bridgehead atoms. The number of carbonyl (C=O) groups is 1. The van der Waals surface area contributed by atoms with Crippen molar-refractivity contribution in [1.29, 1.82) is 0 Å². The summed E-state index contributed by atoms with van der Waals surface area (Å²) in [5.74, 6) is -0.302. The molecule has 1 aromatic rings. The zero-order chi connectivity index (χ0) is 11.2. The summed E-state index contributed by atoms with van der Waals surface area (Å²) in [6.45, 7) is 2.75. The van der Waals surface area contributed by atoms with Crippen molar-refractivity contribution < 1.29 is 14.3 Å². The van der Waals surface area contributed by atoms with Crippen molar-refractivity contribution in [3.63, 3.8) is 0 Å². The zero-order valence-corrected chi connectivity index (χ0v) is 9.10. The first kappa shape index (κ1) is 9.81. The fraction of sp³-hybridized carbons (Fsp3) is 0.417. The van der Waals surface area contributed by atoms with Crippen molar-refractivity contribution in [2.24, 2.45) is 0 Å². The van der Waals surface area contributed by atoms with Crippen LogP contribution in [0.25, 0.3) is 0 Å². The highest BCUT2D eigenvalue weighted by atomic mass is 16.5. The molecule has 2 atom stereocenters. The second-order valence-electron chi connectivity index (χ2n) is 4.12. The molecule has 3 rings (SSSR count). The minimum Gasteiger partial charge on any atom is -0.465 e. The maximum atomic E-state index is 11.3. The molecule has 0 spiro atoms. The van der Waals surface area contributed by atoms with Crippen LogP contribution in [0.4, 0.5) is 0 Å². The van der Waals surface area contributed by atoms with Crippen LogP contribution in [0.2, 0.25) is 0 Å². The molecule has 2 fully saturated rings. The average Bonchev–Trinajstić information content (AvgIpc) is 2.91. The maximum absolute atomic E-state index is 11.3. The Morgan fingerprint density at radius 3 is 2.69 bits per heavy atom. The normalized spacial score (nSPS) is 30.9. The second kappa shape index (κ2) is 3.30. The number of morpholine rings is 1. The summed E-state index contributed by atoms with van der Waals surface area (Å²) in [5, 5.41) is 0. The fourth-order valence-corrected chi connectivity index (χ4v) is 2.29. The predicted octanol–water partition coefficient (Wildman–Crippen LogP) is 0.972. The Kier molecular flexibility index (Phi) is 2.02. The van der Waals surface area contributed by atoms with Crippen LogP contribution in [0, 0.1) is 0 Å². The molecule has 4 nitrogen and oxygen atoms in total. The van der Waals surface area contributed by atoms with Crippen LogP contribution in [0.1, 0.15) is 15.9 Å². The van der Waals surface area contributed by atoms with Gasteiger partial charge in [-0.05, 0) is 12.1 Å². The van der Waals surface area contributed by atoms with E-state index in [9.17, 15) is 4.79 Å². The van der Waals surface area contributed by atoms with Crippen LogP contribution >= 0.6 is 0 Å². The van der Waals surface area contributed by atoms with Crippen molar-refractivity contribution in [3.05, 3.63) is 35.4 Å². The topological polar surface area (TPSA) is 38.5 Å². The van der Waals surface area contributed by atoms with Crippen LogP contribution in [0.3, 0.4) is 0 Å². The average molecular weight is 219 g/mol. The van der Waals surface area contributed by atoms with Gasteiger partial charge in [-0.3, -0.25) is 4.90 Å². The van der Waals surface area contributed by atoms with Gasteiger partial charge in [-0.25, -0.2) is 4.79 Å². The summed E-state index contributed by atoms with van der Waals surface area (Å²) in [5.41, 5.74) is 1.51. The van der Waals surface area contributed by atoms with E-state index in [1.54, 1.807) is 12.1 Å². The van der Waals surface area contributed by atoms with E-state index in [-0.39, 0.29) is 11.7 Å². The lowest BCUT2D eigenvalue weighted by atomic mass is 10.1. The van der Waals surface area contributed by atoms with Crippen molar-refractivity contribution in [2.45, 2.75) is 5.72 Å². The summed E-state index contributed by atoms with van der Waals surface area (Å²) in [4.78, 5) is 13.6. The van der Waals surface area contributed by atoms with E-state index in [0.29, 0.717) is 5.56 Å². The molecule has 0 radical (unpaired) electrons. The van der Waals surface area contributed by atoms with Crippen LogP contribution in [-0.2, 0) is 15.2 Å². The number of rotatable bonds is 2. The van der Waals surface area contributed by atoms with Gasteiger partial charge in [0.05, 0.1) is 19.3 Å². The van der Waals surface area contributed by atoms with Crippen LogP contribution < -0.4 is 0 Å². The highest BCUT2D eigenvalue weighted by molar-refractivity contribution is 5.89. The van der Waals surface area contributed by atoms with Crippen molar-refractivity contribution in [2.75, 3.05) is 26.8 Å². The van der Waals surface area contributed by atoms with Gasteiger partial charge < -0.3 is 9.47 Å². The number of carbonyl (C=O) groups excluding carboxylic acids is 1. The number of esters is 1. The third-order valence-corrected chi connectivity index (χ3v) is 3.27. The molecule has 2 saturated heterocycles. The summed E-state index contributed by atoms with van der Waals surface area (Å²) >= 11 is 0. The molecule has 2 aliphatic rings.